The Balaban J connectivity index is 4.27. The summed E-state index contributed by atoms with van der Waals surface area (Å²) in [5, 5.41) is 2.98. The van der Waals surface area contributed by atoms with Gasteiger partial charge in [0.25, 0.3) is 0 Å². The second-order valence-electron chi connectivity index (χ2n) is 17.0. The second-order valence-corrected chi connectivity index (χ2v) is 17.0. The minimum absolute atomic E-state index is 0.0386. The summed E-state index contributed by atoms with van der Waals surface area (Å²) in [5.74, 6) is -0.525. The first-order chi connectivity index (χ1) is 27.3. The van der Waals surface area contributed by atoms with Crippen LogP contribution in [0.15, 0.2) is 12.2 Å². The molecule has 1 atom stereocenters. The average molecular weight is 794 g/mol. The van der Waals surface area contributed by atoms with E-state index in [-0.39, 0.29) is 37.4 Å². The number of hydrogen-bond donors (Lipinski definition) is 1. The Morgan fingerprint density at radius 1 is 0.571 bits per heavy atom. The zero-order valence-electron chi connectivity index (χ0n) is 38.1. The van der Waals surface area contributed by atoms with Crippen molar-refractivity contribution in [3.63, 3.8) is 0 Å². The molecule has 0 aliphatic carbocycles. The highest BCUT2D eigenvalue weighted by molar-refractivity contribution is 5.81. The van der Waals surface area contributed by atoms with Crippen LogP contribution in [0.2, 0.25) is 0 Å². The first-order valence-corrected chi connectivity index (χ1v) is 24.2. The number of carbonyl (C=O) groups excluding carboxylic acids is 2. The van der Waals surface area contributed by atoms with Gasteiger partial charge < -0.3 is 24.3 Å². The first kappa shape index (κ1) is 54.6. The summed E-state index contributed by atoms with van der Waals surface area (Å²) >= 11 is 0. The molecular formula is C49H95NO6. The van der Waals surface area contributed by atoms with Crippen molar-refractivity contribution in [1.82, 2.24) is 5.32 Å². The minimum atomic E-state index is -0.577. The Morgan fingerprint density at radius 2 is 1.02 bits per heavy atom. The van der Waals surface area contributed by atoms with Crippen molar-refractivity contribution in [3.8, 4) is 0 Å². The van der Waals surface area contributed by atoms with Crippen LogP contribution in [0, 0.1) is 0 Å². The molecule has 0 aromatic carbocycles. The molecular weight excluding hydrogens is 699 g/mol. The molecule has 0 aromatic rings. The molecule has 0 radical (unpaired) electrons. The molecule has 0 aromatic heterocycles. The highest BCUT2D eigenvalue weighted by Gasteiger charge is 2.21. The summed E-state index contributed by atoms with van der Waals surface area (Å²) in [6.45, 7) is 13.6. The summed E-state index contributed by atoms with van der Waals surface area (Å²) in [7, 11) is 0. The van der Waals surface area contributed by atoms with E-state index in [1.807, 2.05) is 26.0 Å². The van der Waals surface area contributed by atoms with Crippen LogP contribution < -0.4 is 5.32 Å². The monoisotopic (exact) mass is 794 g/mol. The molecule has 7 heteroatoms. The van der Waals surface area contributed by atoms with Gasteiger partial charge in [-0.25, -0.2) is 0 Å². The molecule has 1 amide bonds. The van der Waals surface area contributed by atoms with Crippen LogP contribution in [0.3, 0.4) is 0 Å². The maximum Gasteiger partial charge on any atom is 0.306 e. The number of amides is 1. The minimum Gasteiger partial charge on any atom is -0.463 e. The summed E-state index contributed by atoms with van der Waals surface area (Å²) < 4.78 is 23.6. The average Bonchev–Trinajstić information content (AvgIpc) is 3.19. The smallest absolute Gasteiger partial charge is 0.306 e. The predicted octanol–water partition coefficient (Wildman–Crippen LogP) is 13.9. The van der Waals surface area contributed by atoms with E-state index in [1.54, 1.807) is 0 Å². The van der Waals surface area contributed by atoms with Crippen LogP contribution in [0.25, 0.3) is 0 Å². The molecule has 0 rings (SSSR count). The van der Waals surface area contributed by atoms with Crippen molar-refractivity contribution in [2.75, 3.05) is 39.6 Å². The molecule has 0 saturated heterocycles. The van der Waals surface area contributed by atoms with Crippen LogP contribution in [-0.4, -0.2) is 63.2 Å². The molecule has 7 nitrogen and oxygen atoms in total. The highest BCUT2D eigenvalue weighted by atomic mass is 16.6. The molecule has 0 spiro atoms. The molecule has 0 fully saturated rings. The van der Waals surface area contributed by atoms with Crippen LogP contribution in [0.1, 0.15) is 240 Å². The number of allylic oxidation sites excluding steroid dienone is 1. The van der Waals surface area contributed by atoms with Crippen LogP contribution in [0.4, 0.5) is 0 Å². The van der Waals surface area contributed by atoms with E-state index in [1.165, 1.54) is 167 Å². The fourth-order valence-electron chi connectivity index (χ4n) is 6.93. The fraction of sp³-hybridized carbons (Fsp3) is 0.918. The van der Waals surface area contributed by atoms with Gasteiger partial charge in [-0.3, -0.25) is 9.59 Å². The lowest BCUT2D eigenvalue weighted by atomic mass is 10.0. The van der Waals surface area contributed by atoms with Crippen molar-refractivity contribution >= 4 is 11.9 Å². The van der Waals surface area contributed by atoms with Crippen LogP contribution in [0.5, 0.6) is 0 Å². The molecule has 0 heterocycles. The SMILES string of the molecule is CC/C=C\COC(C)(C)COC(=O)CCC(=O)NCCC(COCCCCCCCCCCCCCCCC)OCCCCCCCCCCCCCCCC. The third kappa shape index (κ3) is 42.2. The molecule has 1 unspecified atom stereocenters. The number of rotatable bonds is 45. The molecule has 0 bridgehead atoms. The Bertz CT molecular complexity index is 862. The van der Waals surface area contributed by atoms with Crippen molar-refractivity contribution in [2.45, 2.75) is 252 Å². The third-order valence-electron chi connectivity index (χ3n) is 10.7. The van der Waals surface area contributed by atoms with Gasteiger partial charge in [0, 0.05) is 26.2 Å². The number of nitrogens with one attached hydrogen (secondary N) is 1. The molecule has 1 N–H and O–H groups in total. The maximum atomic E-state index is 12.5. The van der Waals surface area contributed by atoms with Crippen molar-refractivity contribution in [2.24, 2.45) is 0 Å². The first-order valence-electron chi connectivity index (χ1n) is 24.2. The zero-order valence-corrected chi connectivity index (χ0v) is 38.1. The van der Waals surface area contributed by atoms with E-state index in [2.05, 4.69) is 26.1 Å². The maximum absolute atomic E-state index is 12.5. The molecule has 56 heavy (non-hydrogen) atoms. The predicted molar refractivity (Wildman–Crippen MR) is 238 cm³/mol. The van der Waals surface area contributed by atoms with E-state index in [0.717, 1.165) is 32.5 Å². The Morgan fingerprint density at radius 3 is 1.48 bits per heavy atom. The summed E-state index contributed by atoms with van der Waals surface area (Å²) in [6.07, 6.45) is 43.5. The number of hydrogen-bond acceptors (Lipinski definition) is 6. The number of unbranched alkanes of at least 4 members (excludes halogenated alkanes) is 26. The Labute approximate surface area is 348 Å². The lowest BCUT2D eigenvalue weighted by molar-refractivity contribution is -0.153. The molecule has 0 saturated carbocycles. The van der Waals surface area contributed by atoms with E-state index in [4.69, 9.17) is 18.9 Å². The number of carbonyl (C=O) groups is 2. The topological polar surface area (TPSA) is 83.1 Å². The van der Waals surface area contributed by atoms with Gasteiger partial charge in [0.05, 0.1) is 31.3 Å². The van der Waals surface area contributed by atoms with E-state index < -0.39 is 5.60 Å². The Kier molecular flexibility index (Phi) is 42.0. The largest absolute Gasteiger partial charge is 0.463 e. The number of ether oxygens (including phenoxy) is 4. The van der Waals surface area contributed by atoms with Crippen molar-refractivity contribution in [1.29, 1.82) is 0 Å². The summed E-state index contributed by atoms with van der Waals surface area (Å²) in [6, 6.07) is 0. The van der Waals surface area contributed by atoms with Gasteiger partial charge in [-0.2, -0.15) is 0 Å². The second kappa shape index (κ2) is 43.1. The Hall–Kier alpha value is -1.44. The van der Waals surface area contributed by atoms with Crippen LogP contribution in [-0.2, 0) is 28.5 Å². The van der Waals surface area contributed by atoms with E-state index >= 15 is 0 Å². The van der Waals surface area contributed by atoms with E-state index in [9.17, 15) is 9.59 Å². The van der Waals surface area contributed by atoms with Crippen molar-refractivity contribution < 1.29 is 28.5 Å². The van der Waals surface area contributed by atoms with Crippen molar-refractivity contribution in [3.05, 3.63) is 12.2 Å². The normalized spacial score (nSPS) is 12.4. The number of esters is 1. The van der Waals surface area contributed by atoms with E-state index in [0.29, 0.717) is 26.2 Å². The lowest BCUT2D eigenvalue weighted by Gasteiger charge is -2.24. The van der Waals surface area contributed by atoms with Gasteiger partial charge in [0.2, 0.25) is 5.91 Å². The molecule has 0 aliphatic rings. The third-order valence-corrected chi connectivity index (χ3v) is 10.7. The highest BCUT2D eigenvalue weighted by Crippen LogP contribution is 2.15. The fourth-order valence-corrected chi connectivity index (χ4v) is 6.93. The van der Waals surface area contributed by atoms with Gasteiger partial charge in [0.15, 0.2) is 0 Å². The van der Waals surface area contributed by atoms with Gasteiger partial charge in [-0.1, -0.05) is 200 Å². The summed E-state index contributed by atoms with van der Waals surface area (Å²) in [4.78, 5) is 24.8. The van der Waals surface area contributed by atoms with Crippen LogP contribution >= 0.6 is 0 Å². The van der Waals surface area contributed by atoms with Gasteiger partial charge in [0.1, 0.15) is 6.61 Å². The molecule has 332 valence electrons. The lowest BCUT2D eigenvalue weighted by Crippen LogP contribution is -2.33. The molecule has 0 aliphatic heterocycles. The standard InChI is InChI=1S/C49H95NO6/c1-6-9-12-14-16-18-20-22-24-26-28-30-32-35-41-53-44-46(54-42-36-33-31-29-27-25-23-21-19-17-15-13-10-7-2)39-40-50-47(51)37-38-48(52)55-45-49(4,5)56-43-34-11-8-3/h11,34,46H,6-10,12-33,35-45H2,1-5H3,(H,50,51)/b34-11-. The van der Waals surface area contributed by atoms with Gasteiger partial charge in [-0.05, 0) is 39.5 Å². The zero-order chi connectivity index (χ0) is 41.1. The summed E-state index contributed by atoms with van der Waals surface area (Å²) in [5.41, 5.74) is -0.577. The van der Waals surface area contributed by atoms with Gasteiger partial charge >= 0.3 is 5.97 Å². The quantitative estimate of drug-likeness (QED) is 0.0376. The van der Waals surface area contributed by atoms with Gasteiger partial charge in [-0.15, -0.1) is 0 Å².